The Balaban J connectivity index is 0.00000300. The number of nitrogens with one attached hydrogen (secondary N) is 1. The summed E-state index contributed by atoms with van der Waals surface area (Å²) in [6, 6.07) is 8.51. The minimum Gasteiger partial charge on any atom is -0.497 e. The minimum atomic E-state index is 0. The van der Waals surface area contributed by atoms with E-state index in [1.807, 2.05) is 0 Å². The summed E-state index contributed by atoms with van der Waals surface area (Å²) in [5, 5.41) is 3.52. The first-order valence-corrected chi connectivity index (χ1v) is 10.5. The molecule has 2 heterocycles. The van der Waals surface area contributed by atoms with E-state index in [0.29, 0.717) is 5.92 Å². The van der Waals surface area contributed by atoms with Gasteiger partial charge >= 0.3 is 0 Å². The van der Waals surface area contributed by atoms with E-state index < -0.39 is 0 Å². The first kappa shape index (κ1) is 24.2. The van der Waals surface area contributed by atoms with Gasteiger partial charge in [-0.1, -0.05) is 12.1 Å². The number of guanidine groups is 1. The van der Waals surface area contributed by atoms with Crippen LogP contribution in [0.25, 0.3) is 0 Å². The second kappa shape index (κ2) is 11.4. The van der Waals surface area contributed by atoms with Crippen LogP contribution in [-0.2, 0) is 4.74 Å². The second-order valence-electron chi connectivity index (χ2n) is 8.11. The number of likely N-dealkylation sites (tertiary alicyclic amines) is 1. The van der Waals surface area contributed by atoms with Gasteiger partial charge in [-0.15, -0.1) is 24.0 Å². The van der Waals surface area contributed by atoms with E-state index in [1.54, 1.807) is 7.11 Å². The van der Waals surface area contributed by atoms with Crippen LogP contribution in [0, 0.1) is 0 Å². The molecule has 1 N–H and O–H groups in total. The van der Waals surface area contributed by atoms with Crippen LogP contribution >= 0.6 is 24.0 Å². The van der Waals surface area contributed by atoms with Gasteiger partial charge in [-0.2, -0.15) is 0 Å². The molecule has 1 aromatic carbocycles. The highest BCUT2D eigenvalue weighted by Crippen LogP contribution is 2.29. The Morgan fingerprint density at radius 3 is 2.55 bits per heavy atom. The zero-order chi connectivity index (χ0) is 20.0. The monoisotopic (exact) mass is 516 g/mol. The van der Waals surface area contributed by atoms with Gasteiger partial charge in [0.05, 0.1) is 13.7 Å². The van der Waals surface area contributed by atoms with Gasteiger partial charge in [-0.05, 0) is 58.0 Å². The highest BCUT2D eigenvalue weighted by atomic mass is 127. The summed E-state index contributed by atoms with van der Waals surface area (Å²) in [6.07, 6.45) is 3.23. The van der Waals surface area contributed by atoms with Crippen LogP contribution < -0.4 is 10.1 Å². The molecule has 6 nitrogen and oxygen atoms in total. The van der Waals surface area contributed by atoms with Gasteiger partial charge < -0.3 is 24.6 Å². The molecule has 164 valence electrons. The number of nitrogens with zero attached hydrogens (tertiary/aromatic N) is 3. The molecule has 29 heavy (non-hydrogen) atoms. The fourth-order valence-corrected chi connectivity index (χ4v) is 4.25. The minimum absolute atomic E-state index is 0. The molecule has 1 aromatic rings. The predicted molar refractivity (Wildman–Crippen MR) is 130 cm³/mol. The summed E-state index contributed by atoms with van der Waals surface area (Å²) in [7, 11) is 6.05. The van der Waals surface area contributed by atoms with Gasteiger partial charge in [-0.3, -0.25) is 4.99 Å². The number of aliphatic imine (C=N–C) groups is 1. The summed E-state index contributed by atoms with van der Waals surface area (Å²) in [6.45, 7) is 7.55. The first-order chi connectivity index (χ1) is 13.6. The van der Waals surface area contributed by atoms with Crippen LogP contribution in [-0.4, -0.2) is 81.9 Å². The summed E-state index contributed by atoms with van der Waals surface area (Å²) in [5.74, 6) is 2.51. The molecular weight excluding hydrogens is 479 g/mol. The summed E-state index contributed by atoms with van der Waals surface area (Å²) >= 11 is 0. The van der Waals surface area contributed by atoms with E-state index in [2.05, 4.69) is 60.4 Å². The van der Waals surface area contributed by atoms with Gasteiger partial charge in [0.15, 0.2) is 5.96 Å². The Hall–Kier alpha value is -1.06. The van der Waals surface area contributed by atoms with E-state index in [1.165, 1.54) is 5.56 Å². The molecule has 1 atom stereocenters. The number of benzene rings is 1. The molecule has 7 heteroatoms. The average Bonchev–Trinajstić information content (AvgIpc) is 3.22. The average molecular weight is 516 g/mol. The van der Waals surface area contributed by atoms with Crippen LogP contribution in [0.3, 0.4) is 0 Å². The highest BCUT2D eigenvalue weighted by Gasteiger charge is 2.35. The van der Waals surface area contributed by atoms with Gasteiger partial charge in [0.1, 0.15) is 5.75 Å². The van der Waals surface area contributed by atoms with Gasteiger partial charge in [0, 0.05) is 44.3 Å². The van der Waals surface area contributed by atoms with E-state index in [0.717, 1.165) is 70.4 Å². The molecule has 2 fully saturated rings. The zero-order valence-corrected chi connectivity index (χ0v) is 20.6. The molecule has 3 rings (SSSR count). The topological polar surface area (TPSA) is 49.3 Å². The molecule has 0 spiro atoms. The Morgan fingerprint density at radius 2 is 1.97 bits per heavy atom. The summed E-state index contributed by atoms with van der Waals surface area (Å²) in [4.78, 5) is 9.84. The lowest BCUT2D eigenvalue weighted by molar-refractivity contribution is -0.00262. The molecule has 0 saturated carbocycles. The first-order valence-electron chi connectivity index (χ1n) is 10.5. The van der Waals surface area contributed by atoms with Crippen molar-refractivity contribution in [2.75, 3.05) is 60.6 Å². The van der Waals surface area contributed by atoms with Crippen molar-refractivity contribution in [1.82, 2.24) is 15.1 Å². The Labute approximate surface area is 193 Å². The maximum atomic E-state index is 5.60. The molecule has 0 aliphatic carbocycles. The molecule has 0 bridgehead atoms. The molecule has 2 aliphatic rings. The zero-order valence-electron chi connectivity index (χ0n) is 18.3. The van der Waals surface area contributed by atoms with Crippen molar-refractivity contribution in [3.8, 4) is 5.75 Å². The summed E-state index contributed by atoms with van der Waals surface area (Å²) in [5.41, 5.74) is 1.49. The Bertz CT molecular complexity index is 645. The van der Waals surface area contributed by atoms with E-state index in [4.69, 9.17) is 14.5 Å². The normalized spacial score (nSPS) is 21.8. The number of ether oxygens (including phenoxy) is 2. The van der Waals surface area contributed by atoms with E-state index >= 15 is 0 Å². The molecule has 0 radical (unpaired) electrons. The van der Waals surface area contributed by atoms with Gasteiger partial charge in [0.2, 0.25) is 0 Å². The third-order valence-electron chi connectivity index (χ3n) is 6.31. The smallest absolute Gasteiger partial charge is 0.194 e. The lowest BCUT2D eigenvalue weighted by atomic mass is 9.89. The van der Waals surface area contributed by atoms with Crippen LogP contribution in [0.4, 0.5) is 0 Å². The van der Waals surface area contributed by atoms with Crippen molar-refractivity contribution in [3.05, 3.63) is 29.8 Å². The van der Waals surface area contributed by atoms with Crippen LogP contribution in [0.5, 0.6) is 5.75 Å². The van der Waals surface area contributed by atoms with Gasteiger partial charge in [0.25, 0.3) is 0 Å². The van der Waals surface area contributed by atoms with Crippen LogP contribution in [0.1, 0.15) is 37.7 Å². The maximum absolute atomic E-state index is 5.60. The Morgan fingerprint density at radius 1 is 1.28 bits per heavy atom. The predicted octanol–water partition coefficient (Wildman–Crippen LogP) is 3.18. The van der Waals surface area contributed by atoms with Crippen LogP contribution in [0.2, 0.25) is 0 Å². The van der Waals surface area contributed by atoms with Gasteiger partial charge in [-0.25, -0.2) is 0 Å². The molecular formula is C22H37IN4O2. The van der Waals surface area contributed by atoms with E-state index in [9.17, 15) is 0 Å². The number of methoxy groups -OCH3 is 1. The number of hydrogen-bond acceptors (Lipinski definition) is 4. The third kappa shape index (κ3) is 5.98. The lowest BCUT2D eigenvalue weighted by Crippen LogP contribution is -2.52. The summed E-state index contributed by atoms with van der Waals surface area (Å²) < 4.78 is 10.9. The third-order valence-corrected chi connectivity index (χ3v) is 6.31. The lowest BCUT2D eigenvalue weighted by Gasteiger charge is -2.42. The SMILES string of the molecule is CCNC(=NCC1(N(C)C)CCOCC1)N1CCC(c2ccc(OC)cc2)C1.I. The van der Waals surface area contributed by atoms with Crippen LogP contribution in [0.15, 0.2) is 29.3 Å². The number of rotatable bonds is 6. The number of hydrogen-bond donors (Lipinski definition) is 1. The molecule has 1 unspecified atom stereocenters. The Kier molecular flexibility index (Phi) is 9.49. The molecule has 2 saturated heterocycles. The largest absolute Gasteiger partial charge is 0.497 e. The molecule has 0 aromatic heterocycles. The quantitative estimate of drug-likeness (QED) is 0.358. The fraction of sp³-hybridized carbons (Fsp3) is 0.682. The van der Waals surface area contributed by atoms with Crippen molar-refractivity contribution in [2.45, 2.75) is 37.6 Å². The molecule has 0 amide bonds. The number of likely N-dealkylation sites (N-methyl/N-ethyl adjacent to an activating group) is 1. The second-order valence-corrected chi connectivity index (χ2v) is 8.11. The highest BCUT2D eigenvalue weighted by molar-refractivity contribution is 14.0. The van der Waals surface area contributed by atoms with Crippen molar-refractivity contribution in [1.29, 1.82) is 0 Å². The van der Waals surface area contributed by atoms with E-state index in [-0.39, 0.29) is 29.5 Å². The van der Waals surface area contributed by atoms with Crippen molar-refractivity contribution < 1.29 is 9.47 Å². The van der Waals surface area contributed by atoms with Crippen molar-refractivity contribution in [2.24, 2.45) is 4.99 Å². The molecule has 2 aliphatic heterocycles. The number of halogens is 1. The fourth-order valence-electron chi connectivity index (χ4n) is 4.25. The standard InChI is InChI=1S/C22H36N4O2.HI/c1-5-23-21(24-17-22(25(2)3)11-14-28-15-12-22)26-13-10-19(16-26)18-6-8-20(27-4)9-7-18;/h6-9,19H,5,10-17H2,1-4H3,(H,23,24);1H. The maximum Gasteiger partial charge on any atom is 0.194 e. The van der Waals surface area contributed by atoms with Crippen molar-refractivity contribution >= 4 is 29.9 Å². The van der Waals surface area contributed by atoms with Crippen molar-refractivity contribution in [3.63, 3.8) is 0 Å².